The van der Waals surface area contributed by atoms with E-state index >= 15 is 0 Å². The Morgan fingerprint density at radius 2 is 1.23 bits per heavy atom. The molecule has 0 saturated carbocycles. The molecule has 0 amide bonds. The molecule has 0 bridgehead atoms. The lowest BCUT2D eigenvalue weighted by molar-refractivity contribution is -0.141. The van der Waals surface area contributed by atoms with Crippen LogP contribution in [0.25, 0.3) is 0 Å². The molecule has 0 heterocycles. The van der Waals surface area contributed by atoms with Gasteiger partial charge >= 0.3 is 23.9 Å². The number of carbonyl (C=O) groups is 4. The van der Waals surface area contributed by atoms with Crippen molar-refractivity contribution in [2.75, 3.05) is 24.4 Å². The van der Waals surface area contributed by atoms with Crippen LogP contribution in [-0.4, -0.2) is 109 Å². The molecule has 0 unspecified atom stereocenters. The minimum Gasteiger partial charge on any atom is -0.480 e. The maximum atomic E-state index is 10.1. The van der Waals surface area contributed by atoms with Crippen LogP contribution in [0, 0.1) is 0 Å². The molecule has 0 saturated heterocycles. The molecule has 14 N–H and O–H groups in total. The predicted octanol–water partition coefficient (Wildman–Crippen LogP) is -3.35. The zero-order valence-corrected chi connectivity index (χ0v) is 18.9. The van der Waals surface area contributed by atoms with Crippen LogP contribution in [0.1, 0.15) is 13.3 Å². The highest BCUT2D eigenvalue weighted by molar-refractivity contribution is 7.98. The summed E-state index contributed by atoms with van der Waals surface area (Å²) in [6.45, 7) is 0.827. The van der Waals surface area contributed by atoms with Gasteiger partial charge < -0.3 is 53.6 Å². The summed E-state index contributed by atoms with van der Waals surface area (Å²) in [6.07, 6.45) is 1.50. The van der Waals surface area contributed by atoms with Gasteiger partial charge in [-0.15, -0.1) is 0 Å². The molecule has 0 aromatic heterocycles. The van der Waals surface area contributed by atoms with Crippen molar-refractivity contribution in [3.63, 3.8) is 0 Å². The van der Waals surface area contributed by atoms with Crippen LogP contribution in [0.2, 0.25) is 0 Å². The second kappa shape index (κ2) is 23.0. The quantitative estimate of drug-likeness (QED) is 0.132. The fourth-order valence-corrected chi connectivity index (χ4v) is 1.38. The van der Waals surface area contributed by atoms with Crippen molar-refractivity contribution in [1.82, 2.24) is 0 Å². The standard InChI is InChI=1S/C5H11NO2S.C4H9NO3.C3H7NO3.C3H7NO2S/c1-9-3-2-4(6)5(7)8;1-2(6)3(5)4(7)8;4-2(1-5)3(6)7;4-2(1-7)3(5)6/h4H,2-3,6H2,1H3,(H,7,8);2-3,6H,5H2,1H3,(H,7,8);2,5H,1,4H2,(H,6,7);2,7H,1,4H2,(H,5,6)/t4-;2-,3+;2*2-/m0100/s1. The van der Waals surface area contributed by atoms with Crippen LogP contribution in [0.4, 0.5) is 0 Å². The SMILES string of the molecule is CSCC[C@H](N)C(=O)O.C[C@@H](O)[C@H](N)C(=O)O.N[C@@H](CO)C(=O)O.N[C@@H](CS)C(=O)O. The normalized spacial score (nSPS) is 14.4. The summed E-state index contributed by atoms with van der Waals surface area (Å²) in [4.78, 5) is 39.3. The van der Waals surface area contributed by atoms with E-state index in [1.807, 2.05) is 6.26 Å². The number of hydrogen-bond acceptors (Lipinski definition) is 12. The number of aliphatic hydroxyl groups excluding tert-OH is 2. The van der Waals surface area contributed by atoms with E-state index in [4.69, 9.17) is 53.6 Å². The van der Waals surface area contributed by atoms with Crippen LogP contribution >= 0.6 is 24.4 Å². The van der Waals surface area contributed by atoms with Gasteiger partial charge in [0.15, 0.2) is 0 Å². The van der Waals surface area contributed by atoms with Crippen LogP contribution < -0.4 is 22.9 Å². The summed E-state index contributed by atoms with van der Waals surface area (Å²) in [5.41, 5.74) is 19.8. The van der Waals surface area contributed by atoms with E-state index in [1.165, 1.54) is 6.92 Å². The van der Waals surface area contributed by atoms with Gasteiger partial charge in [-0.3, -0.25) is 19.2 Å². The highest BCUT2D eigenvalue weighted by Gasteiger charge is 2.16. The average Bonchev–Trinajstić information content (AvgIpc) is 2.70. The minimum absolute atomic E-state index is 0.190. The molecule has 0 spiro atoms. The van der Waals surface area contributed by atoms with Gasteiger partial charge in [-0.05, 0) is 25.4 Å². The Hall–Kier alpha value is -1.66. The molecule has 0 aromatic rings. The van der Waals surface area contributed by atoms with Crippen molar-refractivity contribution in [2.24, 2.45) is 22.9 Å². The molecule has 0 rings (SSSR count). The number of carboxylic acid groups (broad SMARTS) is 4. The number of thioether (sulfide) groups is 1. The first-order valence-corrected chi connectivity index (χ1v) is 10.4. The van der Waals surface area contributed by atoms with Crippen molar-refractivity contribution in [2.45, 2.75) is 43.6 Å². The summed E-state index contributed by atoms with van der Waals surface area (Å²) in [6, 6.07) is -3.78. The molecule has 16 heteroatoms. The summed E-state index contributed by atoms with van der Waals surface area (Å²) in [5.74, 6) is -3.27. The molecule has 186 valence electrons. The number of rotatable bonds is 10. The first-order valence-electron chi connectivity index (χ1n) is 8.42. The largest absolute Gasteiger partial charge is 0.480 e. The molecule has 0 aliphatic carbocycles. The maximum absolute atomic E-state index is 10.1. The van der Waals surface area contributed by atoms with Gasteiger partial charge in [0, 0.05) is 5.75 Å². The van der Waals surface area contributed by atoms with E-state index in [2.05, 4.69) is 12.6 Å². The van der Waals surface area contributed by atoms with Gasteiger partial charge in [0.05, 0.1) is 12.7 Å². The van der Waals surface area contributed by atoms with E-state index < -0.39 is 60.8 Å². The third-order valence-corrected chi connectivity index (χ3v) is 3.82. The van der Waals surface area contributed by atoms with Gasteiger partial charge in [-0.1, -0.05) is 0 Å². The summed E-state index contributed by atoms with van der Waals surface area (Å²) in [7, 11) is 0. The van der Waals surface area contributed by atoms with Crippen LogP contribution in [0.15, 0.2) is 0 Å². The molecule has 31 heavy (non-hydrogen) atoms. The molecule has 0 aromatic carbocycles. The Bertz CT molecular complexity index is 494. The van der Waals surface area contributed by atoms with Gasteiger partial charge in [-0.25, -0.2) is 0 Å². The molecule has 0 aliphatic rings. The molecule has 0 aliphatic heterocycles. The van der Waals surface area contributed by atoms with Gasteiger partial charge in [-0.2, -0.15) is 24.4 Å². The van der Waals surface area contributed by atoms with E-state index in [0.29, 0.717) is 6.42 Å². The van der Waals surface area contributed by atoms with E-state index in [0.717, 1.165) is 5.75 Å². The van der Waals surface area contributed by atoms with Crippen molar-refractivity contribution >= 4 is 48.3 Å². The molecule has 0 radical (unpaired) electrons. The molecule has 5 atom stereocenters. The highest BCUT2D eigenvalue weighted by Crippen LogP contribution is 1.97. The number of thiol groups is 1. The van der Waals surface area contributed by atoms with Crippen LogP contribution in [0.3, 0.4) is 0 Å². The van der Waals surface area contributed by atoms with Crippen molar-refractivity contribution in [3.05, 3.63) is 0 Å². The lowest BCUT2D eigenvalue weighted by Crippen LogP contribution is -2.39. The fourth-order valence-electron chi connectivity index (χ4n) is 0.731. The third-order valence-electron chi connectivity index (χ3n) is 2.78. The Morgan fingerprint density at radius 3 is 1.32 bits per heavy atom. The predicted molar refractivity (Wildman–Crippen MR) is 118 cm³/mol. The molecular weight excluding hydrogens is 460 g/mol. The van der Waals surface area contributed by atoms with E-state index in [1.54, 1.807) is 11.8 Å². The zero-order chi connectivity index (χ0) is 25.7. The lowest BCUT2D eigenvalue weighted by atomic mass is 10.2. The topological polar surface area (TPSA) is 294 Å². The van der Waals surface area contributed by atoms with E-state index in [9.17, 15) is 19.2 Å². The number of hydrogen-bond donors (Lipinski definition) is 11. The fraction of sp³-hybridized carbons (Fsp3) is 0.733. The lowest BCUT2D eigenvalue weighted by Gasteiger charge is -2.06. The smallest absolute Gasteiger partial charge is 0.323 e. The Balaban J connectivity index is -0.000000158. The Kier molecular flexibility index (Phi) is 27.2. The molecule has 14 nitrogen and oxygen atoms in total. The monoisotopic (exact) mass is 494 g/mol. The number of nitrogens with two attached hydrogens (primary N) is 4. The summed E-state index contributed by atoms with van der Waals surface area (Å²) < 4.78 is 0. The van der Waals surface area contributed by atoms with E-state index in [-0.39, 0.29) is 5.75 Å². The van der Waals surface area contributed by atoms with Crippen LogP contribution in [0.5, 0.6) is 0 Å². The molecule has 0 fully saturated rings. The summed E-state index contributed by atoms with van der Waals surface area (Å²) in [5, 5.41) is 48.7. The zero-order valence-electron chi connectivity index (χ0n) is 17.2. The van der Waals surface area contributed by atoms with Gasteiger partial charge in [0.2, 0.25) is 0 Å². The Labute approximate surface area is 189 Å². The highest BCUT2D eigenvalue weighted by atomic mass is 32.2. The van der Waals surface area contributed by atoms with Crippen LogP contribution in [-0.2, 0) is 19.2 Å². The average molecular weight is 495 g/mol. The summed E-state index contributed by atoms with van der Waals surface area (Å²) >= 11 is 5.25. The minimum atomic E-state index is -1.18. The number of aliphatic carboxylic acids is 4. The Morgan fingerprint density at radius 1 is 0.839 bits per heavy atom. The van der Waals surface area contributed by atoms with Gasteiger partial charge in [0.25, 0.3) is 0 Å². The second-order valence-electron chi connectivity index (χ2n) is 5.59. The van der Waals surface area contributed by atoms with Crippen molar-refractivity contribution in [1.29, 1.82) is 0 Å². The first-order chi connectivity index (χ1) is 14.1. The van der Waals surface area contributed by atoms with Crippen molar-refractivity contribution < 1.29 is 49.8 Å². The second-order valence-corrected chi connectivity index (χ2v) is 6.94. The number of aliphatic hydroxyl groups is 2. The van der Waals surface area contributed by atoms with Crippen molar-refractivity contribution in [3.8, 4) is 0 Å². The number of carboxylic acids is 4. The maximum Gasteiger partial charge on any atom is 0.323 e. The third kappa shape index (κ3) is 28.3. The molecular formula is C15H34N4O10S2. The first kappa shape index (κ1) is 36.7. The van der Waals surface area contributed by atoms with Gasteiger partial charge in [0.1, 0.15) is 24.2 Å².